The van der Waals surface area contributed by atoms with Crippen LogP contribution in [0.25, 0.3) is 0 Å². The van der Waals surface area contributed by atoms with Crippen molar-refractivity contribution >= 4 is 5.91 Å². The Balaban J connectivity index is 2.15. The van der Waals surface area contributed by atoms with Crippen molar-refractivity contribution in [3.05, 3.63) is 0 Å². The highest BCUT2D eigenvalue weighted by Gasteiger charge is 2.16. The fourth-order valence-corrected chi connectivity index (χ4v) is 1.46. The van der Waals surface area contributed by atoms with E-state index in [4.69, 9.17) is 10.5 Å². The Morgan fingerprint density at radius 1 is 1.64 bits per heavy atom. The topological polar surface area (TPSA) is 64.4 Å². The zero-order valence-electron chi connectivity index (χ0n) is 8.79. The predicted molar refractivity (Wildman–Crippen MR) is 54.8 cm³/mol. The van der Waals surface area contributed by atoms with Crippen LogP contribution in [0.2, 0.25) is 0 Å². The van der Waals surface area contributed by atoms with Gasteiger partial charge in [0, 0.05) is 25.6 Å². The maximum absolute atomic E-state index is 11.4. The van der Waals surface area contributed by atoms with E-state index < -0.39 is 0 Å². The second-order valence-corrected chi connectivity index (χ2v) is 3.87. The minimum absolute atomic E-state index is 0.0293. The van der Waals surface area contributed by atoms with Crippen LogP contribution in [0.1, 0.15) is 26.2 Å². The second kappa shape index (κ2) is 5.98. The lowest BCUT2D eigenvalue weighted by Crippen LogP contribution is -2.39. The fourth-order valence-electron chi connectivity index (χ4n) is 1.46. The van der Waals surface area contributed by atoms with Crippen LogP contribution in [0.4, 0.5) is 0 Å². The Hall–Kier alpha value is -0.610. The molecule has 1 aliphatic rings. The minimum Gasteiger partial charge on any atom is -0.376 e. The van der Waals surface area contributed by atoms with Gasteiger partial charge in [0.2, 0.25) is 5.91 Å². The van der Waals surface area contributed by atoms with Gasteiger partial charge in [-0.2, -0.15) is 0 Å². The summed E-state index contributed by atoms with van der Waals surface area (Å²) in [6.07, 6.45) is 3.60. The zero-order chi connectivity index (χ0) is 10.4. The molecule has 1 amide bonds. The lowest BCUT2D eigenvalue weighted by molar-refractivity contribution is -0.125. The smallest absolute Gasteiger partial charge is 0.224 e. The summed E-state index contributed by atoms with van der Waals surface area (Å²) in [5, 5.41) is 2.86. The maximum Gasteiger partial charge on any atom is 0.224 e. The van der Waals surface area contributed by atoms with E-state index >= 15 is 0 Å². The van der Waals surface area contributed by atoms with Gasteiger partial charge in [-0.15, -0.1) is 0 Å². The van der Waals surface area contributed by atoms with Gasteiger partial charge in [-0.25, -0.2) is 0 Å². The van der Waals surface area contributed by atoms with Gasteiger partial charge in [0.15, 0.2) is 0 Å². The number of ether oxygens (including phenoxy) is 1. The zero-order valence-corrected chi connectivity index (χ0v) is 8.79. The molecule has 0 aliphatic carbocycles. The van der Waals surface area contributed by atoms with E-state index in [9.17, 15) is 4.79 Å². The van der Waals surface area contributed by atoms with Gasteiger partial charge in [-0.1, -0.05) is 6.92 Å². The van der Waals surface area contributed by atoms with Crippen molar-refractivity contribution in [2.24, 2.45) is 11.7 Å². The van der Waals surface area contributed by atoms with Gasteiger partial charge in [0.05, 0.1) is 6.10 Å². The van der Waals surface area contributed by atoms with Crippen molar-refractivity contribution in [2.75, 3.05) is 19.7 Å². The first-order chi connectivity index (χ1) is 6.74. The van der Waals surface area contributed by atoms with Gasteiger partial charge in [0.25, 0.3) is 0 Å². The third-order valence-corrected chi connectivity index (χ3v) is 2.58. The number of carbonyl (C=O) groups excluding carboxylic acids is 1. The molecule has 0 aromatic heterocycles. The summed E-state index contributed by atoms with van der Waals surface area (Å²) in [7, 11) is 0. The first-order valence-electron chi connectivity index (χ1n) is 5.33. The van der Waals surface area contributed by atoms with Crippen molar-refractivity contribution < 1.29 is 9.53 Å². The molecule has 0 saturated carbocycles. The maximum atomic E-state index is 11.4. The Morgan fingerprint density at radius 3 is 3.00 bits per heavy atom. The number of hydrogen-bond acceptors (Lipinski definition) is 3. The third-order valence-electron chi connectivity index (χ3n) is 2.58. The van der Waals surface area contributed by atoms with Crippen LogP contribution in [-0.2, 0) is 9.53 Å². The van der Waals surface area contributed by atoms with Crippen LogP contribution < -0.4 is 11.1 Å². The number of nitrogens with two attached hydrogens (primary N) is 1. The lowest BCUT2D eigenvalue weighted by Gasteiger charge is -2.23. The Kier molecular flexibility index (Phi) is 4.90. The molecule has 14 heavy (non-hydrogen) atoms. The molecule has 0 aromatic carbocycles. The van der Waals surface area contributed by atoms with Crippen LogP contribution in [0, 0.1) is 5.92 Å². The van der Waals surface area contributed by atoms with Crippen LogP contribution in [-0.4, -0.2) is 31.7 Å². The van der Waals surface area contributed by atoms with Crippen LogP contribution in [0.3, 0.4) is 0 Å². The molecule has 3 N–H and O–H groups in total. The number of hydrogen-bond donors (Lipinski definition) is 2. The van der Waals surface area contributed by atoms with Crippen molar-refractivity contribution in [3.63, 3.8) is 0 Å². The van der Waals surface area contributed by atoms with Crippen LogP contribution >= 0.6 is 0 Å². The van der Waals surface area contributed by atoms with Crippen molar-refractivity contribution in [2.45, 2.75) is 32.3 Å². The van der Waals surface area contributed by atoms with Gasteiger partial charge < -0.3 is 15.8 Å². The Morgan fingerprint density at radius 2 is 2.43 bits per heavy atom. The molecule has 0 spiro atoms. The second-order valence-electron chi connectivity index (χ2n) is 3.87. The average Bonchev–Trinajstić information content (AvgIpc) is 2.26. The van der Waals surface area contributed by atoms with E-state index in [2.05, 4.69) is 5.32 Å². The minimum atomic E-state index is -0.0985. The number of rotatable bonds is 4. The molecule has 0 aromatic rings. The highest BCUT2D eigenvalue weighted by molar-refractivity contribution is 5.78. The van der Waals surface area contributed by atoms with Crippen molar-refractivity contribution in [3.8, 4) is 0 Å². The Bertz CT molecular complexity index is 179. The summed E-state index contributed by atoms with van der Waals surface area (Å²) >= 11 is 0. The van der Waals surface area contributed by atoms with Crippen molar-refractivity contribution in [1.82, 2.24) is 5.32 Å². The summed E-state index contributed by atoms with van der Waals surface area (Å²) < 4.78 is 5.50. The van der Waals surface area contributed by atoms with E-state index in [0.29, 0.717) is 13.1 Å². The number of amides is 1. The molecular weight excluding hydrogens is 180 g/mol. The summed E-state index contributed by atoms with van der Waals surface area (Å²) in [4.78, 5) is 11.4. The molecule has 1 fully saturated rings. The third kappa shape index (κ3) is 3.64. The van der Waals surface area contributed by atoms with Gasteiger partial charge in [0.1, 0.15) is 0 Å². The average molecular weight is 200 g/mol. The molecule has 1 saturated heterocycles. The van der Waals surface area contributed by atoms with E-state index in [1.54, 1.807) is 0 Å². The molecule has 4 nitrogen and oxygen atoms in total. The van der Waals surface area contributed by atoms with E-state index in [0.717, 1.165) is 19.4 Å². The lowest BCUT2D eigenvalue weighted by atomic mass is 10.1. The highest BCUT2D eigenvalue weighted by Crippen LogP contribution is 2.11. The number of carbonyl (C=O) groups is 1. The quantitative estimate of drug-likeness (QED) is 0.684. The predicted octanol–water partition coefficient (Wildman–Crippen LogP) is 0.267. The SMILES string of the molecule is CC(CN)C(=O)NCC1CCCCO1. The summed E-state index contributed by atoms with van der Waals surface area (Å²) in [6.45, 7) is 3.69. The molecular formula is C10H20N2O2. The van der Waals surface area contributed by atoms with Gasteiger partial charge >= 0.3 is 0 Å². The first-order valence-corrected chi connectivity index (χ1v) is 5.33. The van der Waals surface area contributed by atoms with E-state index in [1.807, 2.05) is 6.92 Å². The van der Waals surface area contributed by atoms with Crippen molar-refractivity contribution in [1.29, 1.82) is 0 Å². The normalized spacial score (nSPS) is 24.3. The molecule has 1 aliphatic heterocycles. The molecule has 2 atom stereocenters. The Labute approximate surface area is 85.2 Å². The first kappa shape index (κ1) is 11.5. The largest absolute Gasteiger partial charge is 0.376 e. The van der Waals surface area contributed by atoms with Gasteiger partial charge in [-0.3, -0.25) is 4.79 Å². The molecule has 4 heteroatoms. The molecule has 0 radical (unpaired) electrons. The molecule has 0 bridgehead atoms. The van der Waals surface area contributed by atoms with Crippen LogP contribution in [0.5, 0.6) is 0 Å². The fraction of sp³-hybridized carbons (Fsp3) is 0.900. The van der Waals surface area contributed by atoms with E-state index in [1.165, 1.54) is 6.42 Å². The molecule has 2 unspecified atom stereocenters. The summed E-state index contributed by atoms with van der Waals surface area (Å²) in [5.41, 5.74) is 5.39. The monoisotopic (exact) mass is 200 g/mol. The standard InChI is InChI=1S/C10H20N2O2/c1-8(6-11)10(13)12-7-9-4-2-3-5-14-9/h8-9H,2-7,11H2,1H3,(H,12,13). The molecule has 1 rings (SSSR count). The van der Waals surface area contributed by atoms with Gasteiger partial charge in [-0.05, 0) is 19.3 Å². The summed E-state index contributed by atoms with van der Waals surface area (Å²) in [5.74, 6) is -0.0692. The highest BCUT2D eigenvalue weighted by atomic mass is 16.5. The molecule has 1 heterocycles. The number of nitrogens with one attached hydrogen (secondary N) is 1. The molecule has 82 valence electrons. The van der Waals surface area contributed by atoms with Crippen LogP contribution in [0.15, 0.2) is 0 Å². The van der Waals surface area contributed by atoms with E-state index in [-0.39, 0.29) is 17.9 Å². The summed E-state index contributed by atoms with van der Waals surface area (Å²) in [6, 6.07) is 0.